The van der Waals surface area contributed by atoms with Crippen molar-refractivity contribution < 1.29 is 13.9 Å². The van der Waals surface area contributed by atoms with Crippen LogP contribution in [0.1, 0.15) is 24.2 Å². The number of aldehydes is 1. The molecule has 0 aliphatic carbocycles. The van der Waals surface area contributed by atoms with Gasteiger partial charge in [0, 0.05) is 11.6 Å². The third-order valence-electron chi connectivity index (χ3n) is 1.77. The first-order valence-electron chi connectivity index (χ1n) is 4.64. The Morgan fingerprint density at radius 1 is 1.40 bits per heavy atom. The summed E-state index contributed by atoms with van der Waals surface area (Å²) in [6.45, 7) is 4.28. The van der Waals surface area contributed by atoms with Crippen molar-refractivity contribution in [2.75, 3.05) is 6.61 Å². The van der Waals surface area contributed by atoms with E-state index in [0.29, 0.717) is 18.6 Å². The molecule has 0 atom stereocenters. The molecule has 0 radical (unpaired) electrons. The van der Waals surface area contributed by atoms with Gasteiger partial charge in [0.25, 0.3) is 0 Å². The first kappa shape index (κ1) is 11.4. The number of carbonyl (C=O) groups excluding carboxylic acids is 1. The Labute approximate surface area is 88.4 Å². The van der Waals surface area contributed by atoms with Crippen molar-refractivity contribution in [3.63, 3.8) is 0 Å². The van der Waals surface area contributed by atoms with Crippen molar-refractivity contribution in [3.8, 4) is 5.75 Å². The number of benzene rings is 1. The number of hydrogen-bond acceptors (Lipinski definition) is 2. The van der Waals surface area contributed by atoms with E-state index in [1.54, 1.807) is 0 Å². The standard InChI is InChI=1S/C12H13FO2/c1-9(2)3-4-15-12-6-10(8-14)5-11(13)7-12/h3,5-8H,4H2,1-2H3. The van der Waals surface area contributed by atoms with Crippen LogP contribution < -0.4 is 4.74 Å². The zero-order valence-electron chi connectivity index (χ0n) is 8.79. The molecule has 0 heterocycles. The number of allylic oxidation sites excluding steroid dienone is 1. The molecule has 15 heavy (non-hydrogen) atoms. The molecule has 0 aromatic heterocycles. The molecule has 80 valence electrons. The van der Waals surface area contributed by atoms with E-state index in [-0.39, 0.29) is 5.56 Å². The van der Waals surface area contributed by atoms with Crippen LogP contribution in [-0.2, 0) is 0 Å². The van der Waals surface area contributed by atoms with E-state index in [0.717, 1.165) is 5.57 Å². The number of ether oxygens (including phenoxy) is 1. The van der Waals surface area contributed by atoms with Gasteiger partial charge in [0.05, 0.1) is 0 Å². The lowest BCUT2D eigenvalue weighted by molar-refractivity contribution is 0.112. The fraction of sp³-hybridized carbons (Fsp3) is 0.250. The van der Waals surface area contributed by atoms with Gasteiger partial charge in [-0.05, 0) is 32.1 Å². The summed E-state index contributed by atoms with van der Waals surface area (Å²) < 4.78 is 18.2. The molecular weight excluding hydrogens is 195 g/mol. The molecule has 0 spiro atoms. The Bertz CT molecular complexity index is 379. The molecule has 1 aromatic rings. The van der Waals surface area contributed by atoms with Gasteiger partial charge >= 0.3 is 0 Å². The van der Waals surface area contributed by atoms with Crippen molar-refractivity contribution in [2.45, 2.75) is 13.8 Å². The van der Waals surface area contributed by atoms with E-state index < -0.39 is 5.82 Å². The second-order valence-corrected chi connectivity index (χ2v) is 3.43. The molecule has 1 aromatic carbocycles. The van der Waals surface area contributed by atoms with E-state index in [1.807, 2.05) is 19.9 Å². The van der Waals surface area contributed by atoms with E-state index in [9.17, 15) is 9.18 Å². The van der Waals surface area contributed by atoms with Crippen LogP contribution >= 0.6 is 0 Å². The van der Waals surface area contributed by atoms with Crippen LogP contribution in [0.2, 0.25) is 0 Å². The van der Waals surface area contributed by atoms with Crippen molar-refractivity contribution in [1.82, 2.24) is 0 Å². The molecule has 1 rings (SSSR count). The minimum absolute atomic E-state index is 0.280. The lowest BCUT2D eigenvalue weighted by Gasteiger charge is -2.04. The maximum absolute atomic E-state index is 12.9. The van der Waals surface area contributed by atoms with Gasteiger partial charge in [0.1, 0.15) is 24.5 Å². The predicted octanol–water partition coefficient (Wildman–Crippen LogP) is 2.98. The summed E-state index contributed by atoms with van der Waals surface area (Å²) >= 11 is 0. The number of rotatable bonds is 4. The molecule has 0 bridgehead atoms. The van der Waals surface area contributed by atoms with E-state index in [1.165, 1.54) is 18.2 Å². The van der Waals surface area contributed by atoms with Gasteiger partial charge in [0.15, 0.2) is 0 Å². The molecule has 2 nitrogen and oxygen atoms in total. The molecule has 0 fully saturated rings. The zero-order valence-corrected chi connectivity index (χ0v) is 8.79. The summed E-state index contributed by atoms with van der Waals surface area (Å²) in [5.41, 5.74) is 1.41. The summed E-state index contributed by atoms with van der Waals surface area (Å²) in [4.78, 5) is 10.5. The molecule has 0 N–H and O–H groups in total. The lowest BCUT2D eigenvalue weighted by Crippen LogP contribution is -1.96. The molecule has 0 unspecified atom stereocenters. The predicted molar refractivity (Wildman–Crippen MR) is 56.7 cm³/mol. The zero-order chi connectivity index (χ0) is 11.3. The summed E-state index contributed by atoms with van der Waals surface area (Å²) in [6, 6.07) is 3.93. The Kier molecular flexibility index (Phi) is 4.03. The number of halogens is 1. The summed E-state index contributed by atoms with van der Waals surface area (Å²) in [7, 11) is 0. The summed E-state index contributed by atoms with van der Waals surface area (Å²) in [5, 5.41) is 0. The average molecular weight is 208 g/mol. The highest BCUT2D eigenvalue weighted by atomic mass is 19.1. The van der Waals surface area contributed by atoms with Gasteiger partial charge in [-0.3, -0.25) is 4.79 Å². The third kappa shape index (κ3) is 3.94. The molecule has 0 aliphatic heterocycles. The summed E-state index contributed by atoms with van der Waals surface area (Å²) in [5.74, 6) is -0.0959. The van der Waals surface area contributed by atoms with E-state index in [4.69, 9.17) is 4.74 Å². The molecule has 3 heteroatoms. The number of hydrogen-bond donors (Lipinski definition) is 0. The number of carbonyl (C=O) groups is 1. The maximum Gasteiger partial charge on any atom is 0.150 e. The Hall–Kier alpha value is -1.64. The first-order chi connectivity index (χ1) is 7.11. The second-order valence-electron chi connectivity index (χ2n) is 3.43. The molecule has 0 amide bonds. The highest BCUT2D eigenvalue weighted by Crippen LogP contribution is 2.15. The van der Waals surface area contributed by atoms with Gasteiger partial charge in [-0.1, -0.05) is 5.57 Å². The van der Waals surface area contributed by atoms with Gasteiger partial charge in [-0.2, -0.15) is 0 Å². The first-order valence-corrected chi connectivity index (χ1v) is 4.64. The Balaban J connectivity index is 2.72. The van der Waals surface area contributed by atoms with Crippen LogP contribution in [0.4, 0.5) is 4.39 Å². The molecule has 0 saturated carbocycles. The lowest BCUT2D eigenvalue weighted by atomic mass is 10.2. The van der Waals surface area contributed by atoms with Crippen LogP contribution in [0.25, 0.3) is 0 Å². The van der Waals surface area contributed by atoms with Crippen molar-refractivity contribution in [1.29, 1.82) is 0 Å². The van der Waals surface area contributed by atoms with Crippen molar-refractivity contribution in [3.05, 3.63) is 41.2 Å². The average Bonchev–Trinajstić information content (AvgIpc) is 2.16. The topological polar surface area (TPSA) is 26.3 Å². The van der Waals surface area contributed by atoms with Crippen molar-refractivity contribution in [2.24, 2.45) is 0 Å². The second kappa shape index (κ2) is 5.29. The van der Waals surface area contributed by atoms with Crippen LogP contribution in [0, 0.1) is 5.82 Å². The highest BCUT2D eigenvalue weighted by Gasteiger charge is 2.00. The quantitative estimate of drug-likeness (QED) is 0.561. The van der Waals surface area contributed by atoms with Gasteiger partial charge in [-0.25, -0.2) is 4.39 Å². The third-order valence-corrected chi connectivity index (χ3v) is 1.77. The smallest absolute Gasteiger partial charge is 0.150 e. The Morgan fingerprint density at radius 3 is 2.73 bits per heavy atom. The monoisotopic (exact) mass is 208 g/mol. The van der Waals surface area contributed by atoms with Crippen LogP contribution in [0.5, 0.6) is 5.75 Å². The maximum atomic E-state index is 12.9. The minimum atomic E-state index is -0.466. The normalized spacial score (nSPS) is 9.53. The van der Waals surface area contributed by atoms with Gasteiger partial charge < -0.3 is 4.74 Å². The van der Waals surface area contributed by atoms with Crippen LogP contribution in [-0.4, -0.2) is 12.9 Å². The van der Waals surface area contributed by atoms with E-state index >= 15 is 0 Å². The Morgan fingerprint density at radius 2 is 2.13 bits per heavy atom. The van der Waals surface area contributed by atoms with Crippen LogP contribution in [0.15, 0.2) is 29.8 Å². The van der Waals surface area contributed by atoms with Crippen LogP contribution in [0.3, 0.4) is 0 Å². The molecule has 0 saturated heterocycles. The SMILES string of the molecule is CC(C)=CCOc1cc(F)cc(C=O)c1. The molecule has 0 aliphatic rings. The molecular formula is C12H13FO2. The van der Waals surface area contributed by atoms with Gasteiger partial charge in [-0.15, -0.1) is 0 Å². The van der Waals surface area contributed by atoms with Gasteiger partial charge in [0.2, 0.25) is 0 Å². The fourth-order valence-electron chi connectivity index (χ4n) is 1.04. The minimum Gasteiger partial charge on any atom is -0.489 e. The largest absolute Gasteiger partial charge is 0.489 e. The van der Waals surface area contributed by atoms with Crippen molar-refractivity contribution >= 4 is 6.29 Å². The summed E-state index contributed by atoms with van der Waals surface area (Å²) in [6.07, 6.45) is 2.47. The van der Waals surface area contributed by atoms with E-state index in [2.05, 4.69) is 0 Å². The fourth-order valence-corrected chi connectivity index (χ4v) is 1.04. The highest BCUT2D eigenvalue weighted by molar-refractivity contribution is 5.75.